The fraction of sp³-hybridized carbons (Fsp3) is 0.300. The van der Waals surface area contributed by atoms with Crippen molar-refractivity contribution in [1.82, 2.24) is 0 Å². The number of esters is 1. The lowest BCUT2D eigenvalue weighted by molar-refractivity contribution is -0.131. The third kappa shape index (κ3) is 4.35. The van der Waals surface area contributed by atoms with Gasteiger partial charge in [-0.2, -0.15) is 0 Å². The molecule has 0 aliphatic carbocycles. The van der Waals surface area contributed by atoms with Gasteiger partial charge in [0.15, 0.2) is 0 Å². The minimum Gasteiger partial charge on any atom is -0.427 e. The molecule has 1 aromatic carbocycles. The highest BCUT2D eigenvalue weighted by atomic mass is 16.5. The van der Waals surface area contributed by atoms with Crippen LogP contribution in [0.5, 0.6) is 5.75 Å². The number of hydrogen-bond donors (Lipinski definition) is 0. The summed E-state index contributed by atoms with van der Waals surface area (Å²) in [5.41, 5.74) is 0.311. The minimum absolute atomic E-state index is 0.311. The first-order chi connectivity index (χ1) is 6.72. The smallest absolute Gasteiger partial charge is 0.308 e. The van der Waals surface area contributed by atoms with E-state index in [0.717, 1.165) is 0 Å². The number of carbonyl (C=O) groups excluding carboxylic acids is 1. The van der Waals surface area contributed by atoms with E-state index < -0.39 is 0 Å². The fourth-order valence-electron chi connectivity index (χ4n) is 0.741. The maximum atomic E-state index is 10.5. The largest absolute Gasteiger partial charge is 0.427 e. The molecule has 4 heteroatoms. The Morgan fingerprint density at radius 3 is 2.07 bits per heavy atom. The molecule has 1 rings (SSSR count). The number of carbonyl (C=O) groups is 1. The highest BCUT2D eigenvalue weighted by molar-refractivity contribution is 5.69. The predicted molar refractivity (Wildman–Crippen MR) is 54.6 cm³/mol. The lowest BCUT2D eigenvalue weighted by atomic mass is 10.3. The highest BCUT2D eigenvalue weighted by Crippen LogP contribution is 2.17. The van der Waals surface area contributed by atoms with E-state index >= 15 is 0 Å². The Morgan fingerprint density at radius 2 is 1.71 bits per heavy atom. The van der Waals surface area contributed by atoms with Crippen molar-refractivity contribution in [3.05, 3.63) is 29.2 Å². The molecular formula is C10H13NO3. The second-order valence-electron chi connectivity index (χ2n) is 2.18. The van der Waals surface area contributed by atoms with E-state index in [9.17, 15) is 9.70 Å². The second kappa shape index (κ2) is 6.77. The third-order valence-corrected chi connectivity index (χ3v) is 1.20. The zero-order valence-corrected chi connectivity index (χ0v) is 8.48. The van der Waals surface area contributed by atoms with E-state index in [4.69, 9.17) is 4.74 Å². The molecule has 0 N–H and O–H groups in total. The van der Waals surface area contributed by atoms with Gasteiger partial charge in [0, 0.05) is 6.92 Å². The van der Waals surface area contributed by atoms with Crippen LogP contribution in [-0.2, 0) is 4.79 Å². The van der Waals surface area contributed by atoms with Crippen molar-refractivity contribution in [1.29, 1.82) is 0 Å². The second-order valence-corrected chi connectivity index (χ2v) is 2.18. The van der Waals surface area contributed by atoms with Crippen molar-refractivity contribution >= 4 is 11.7 Å². The molecule has 1 aromatic rings. The van der Waals surface area contributed by atoms with Gasteiger partial charge in [0.1, 0.15) is 11.4 Å². The van der Waals surface area contributed by atoms with Crippen LogP contribution in [0.1, 0.15) is 20.8 Å². The number of nitroso groups, excluding NO2 is 1. The summed E-state index contributed by atoms with van der Waals surface area (Å²) in [6.45, 7) is 5.31. The number of nitrogens with zero attached hydrogens (tertiary/aromatic N) is 1. The zero-order valence-electron chi connectivity index (χ0n) is 8.48. The van der Waals surface area contributed by atoms with Crippen LogP contribution in [0.3, 0.4) is 0 Å². The zero-order chi connectivity index (χ0) is 11.0. The van der Waals surface area contributed by atoms with E-state index in [2.05, 4.69) is 5.18 Å². The predicted octanol–water partition coefficient (Wildman–Crippen LogP) is 3.04. The number of benzene rings is 1. The van der Waals surface area contributed by atoms with Crippen molar-refractivity contribution in [2.24, 2.45) is 5.18 Å². The maximum absolute atomic E-state index is 10.5. The van der Waals surface area contributed by atoms with Gasteiger partial charge < -0.3 is 4.74 Å². The first-order valence-corrected chi connectivity index (χ1v) is 4.34. The molecule has 0 unspecified atom stereocenters. The molecule has 0 heterocycles. The van der Waals surface area contributed by atoms with Gasteiger partial charge in [-0.05, 0) is 29.4 Å². The Bertz CT molecular complexity index is 293. The summed E-state index contributed by atoms with van der Waals surface area (Å²) in [5.74, 6) is 0.0247. The maximum Gasteiger partial charge on any atom is 0.308 e. The van der Waals surface area contributed by atoms with Gasteiger partial charge in [-0.15, -0.1) is 4.91 Å². The first-order valence-electron chi connectivity index (χ1n) is 4.34. The van der Waals surface area contributed by atoms with Crippen molar-refractivity contribution in [2.75, 3.05) is 0 Å². The average molecular weight is 195 g/mol. The van der Waals surface area contributed by atoms with E-state index in [0.29, 0.717) is 11.4 Å². The summed E-state index contributed by atoms with van der Waals surface area (Å²) in [6.07, 6.45) is 0. The Kier molecular flexibility index (Phi) is 5.94. The van der Waals surface area contributed by atoms with E-state index in [-0.39, 0.29) is 5.97 Å². The van der Waals surface area contributed by atoms with Gasteiger partial charge in [-0.1, -0.05) is 13.8 Å². The number of rotatable bonds is 2. The third-order valence-electron chi connectivity index (χ3n) is 1.20. The summed E-state index contributed by atoms with van der Waals surface area (Å²) in [6, 6.07) is 5.98. The number of ether oxygens (including phenoxy) is 1. The van der Waals surface area contributed by atoms with Gasteiger partial charge in [0.2, 0.25) is 0 Å². The van der Waals surface area contributed by atoms with Gasteiger partial charge in [-0.25, -0.2) is 0 Å². The molecule has 0 bridgehead atoms. The molecule has 0 saturated carbocycles. The molecule has 0 amide bonds. The quantitative estimate of drug-likeness (QED) is 0.414. The van der Waals surface area contributed by atoms with Gasteiger partial charge >= 0.3 is 5.97 Å². The van der Waals surface area contributed by atoms with E-state index in [1.807, 2.05) is 13.8 Å². The normalized spacial score (nSPS) is 8.21. The van der Waals surface area contributed by atoms with Crippen LogP contribution in [-0.4, -0.2) is 5.97 Å². The summed E-state index contributed by atoms with van der Waals surface area (Å²) >= 11 is 0. The summed E-state index contributed by atoms with van der Waals surface area (Å²) in [5, 5.41) is 2.70. The molecule has 4 nitrogen and oxygen atoms in total. The van der Waals surface area contributed by atoms with Gasteiger partial charge in [0.25, 0.3) is 0 Å². The van der Waals surface area contributed by atoms with E-state index in [1.165, 1.54) is 31.2 Å². The Labute approximate surface area is 82.9 Å². The molecular weight excluding hydrogens is 182 g/mol. The van der Waals surface area contributed by atoms with Crippen LogP contribution in [0.4, 0.5) is 5.69 Å². The van der Waals surface area contributed by atoms with Crippen molar-refractivity contribution in [3.8, 4) is 5.75 Å². The Morgan fingerprint density at radius 1 is 1.21 bits per heavy atom. The van der Waals surface area contributed by atoms with Crippen LogP contribution in [0.15, 0.2) is 29.4 Å². The number of hydrogen-bond acceptors (Lipinski definition) is 4. The van der Waals surface area contributed by atoms with Crippen LogP contribution in [0.2, 0.25) is 0 Å². The van der Waals surface area contributed by atoms with Gasteiger partial charge in [0.05, 0.1) is 0 Å². The van der Waals surface area contributed by atoms with Crippen molar-refractivity contribution in [2.45, 2.75) is 20.8 Å². The molecule has 0 aliphatic rings. The summed E-state index contributed by atoms with van der Waals surface area (Å²) in [7, 11) is 0. The lowest BCUT2D eigenvalue weighted by Gasteiger charge is -1.98. The molecule has 14 heavy (non-hydrogen) atoms. The SMILES string of the molecule is CC.CC(=O)Oc1ccc(N=O)cc1. The lowest BCUT2D eigenvalue weighted by Crippen LogP contribution is -2.00. The summed E-state index contributed by atoms with van der Waals surface area (Å²) in [4.78, 5) is 20.4. The molecule has 0 aromatic heterocycles. The molecule has 0 atom stereocenters. The Balaban J connectivity index is 0.000000791. The van der Waals surface area contributed by atoms with Crippen LogP contribution in [0, 0.1) is 4.91 Å². The topological polar surface area (TPSA) is 55.7 Å². The average Bonchev–Trinajstić information content (AvgIpc) is 2.21. The molecule has 76 valence electrons. The standard InChI is InChI=1S/C8H7NO3.C2H6/c1-6(10)12-8-4-2-7(9-11)3-5-8;1-2/h2-5H,1H3;1-2H3. The van der Waals surface area contributed by atoms with Crippen molar-refractivity contribution in [3.63, 3.8) is 0 Å². The molecule has 0 spiro atoms. The molecule has 0 fully saturated rings. The molecule has 0 radical (unpaired) electrons. The van der Waals surface area contributed by atoms with E-state index in [1.54, 1.807) is 0 Å². The van der Waals surface area contributed by atoms with Gasteiger partial charge in [-0.3, -0.25) is 4.79 Å². The van der Waals surface area contributed by atoms with Crippen LogP contribution in [0.25, 0.3) is 0 Å². The van der Waals surface area contributed by atoms with Crippen LogP contribution >= 0.6 is 0 Å². The van der Waals surface area contributed by atoms with Crippen molar-refractivity contribution < 1.29 is 9.53 Å². The fourth-order valence-corrected chi connectivity index (χ4v) is 0.741. The Hall–Kier alpha value is -1.71. The first kappa shape index (κ1) is 12.3. The molecule has 0 saturated heterocycles. The minimum atomic E-state index is -0.387. The van der Waals surface area contributed by atoms with Crippen LogP contribution < -0.4 is 4.74 Å². The molecule has 0 aliphatic heterocycles. The summed E-state index contributed by atoms with van der Waals surface area (Å²) < 4.78 is 4.73. The monoisotopic (exact) mass is 195 g/mol. The highest BCUT2D eigenvalue weighted by Gasteiger charge is 1.97.